The molecule has 1 fully saturated rings. The van der Waals surface area contributed by atoms with E-state index in [1.54, 1.807) is 6.07 Å². The number of hydrogen-bond donors (Lipinski definition) is 2. The van der Waals surface area contributed by atoms with Gasteiger partial charge < -0.3 is 5.32 Å². The number of nitrogens with zero attached hydrogens (tertiary/aromatic N) is 1. The maximum absolute atomic E-state index is 13.5. The second kappa shape index (κ2) is 5.99. The van der Waals surface area contributed by atoms with Gasteiger partial charge in [-0.2, -0.15) is 18.3 Å². The minimum absolute atomic E-state index is 0.0118. The Morgan fingerprint density at radius 1 is 1.13 bits per heavy atom. The van der Waals surface area contributed by atoms with Gasteiger partial charge in [0, 0.05) is 34.9 Å². The number of hydrogen-bond acceptors (Lipinski definition) is 3. The number of rotatable bonds is 2. The Bertz CT molecular complexity index is 1090. The van der Waals surface area contributed by atoms with E-state index >= 15 is 0 Å². The Balaban J connectivity index is 1.78. The van der Waals surface area contributed by atoms with Crippen LogP contribution in [0.1, 0.15) is 74.8 Å². The zero-order valence-corrected chi connectivity index (χ0v) is 17.2. The van der Waals surface area contributed by atoms with E-state index in [4.69, 9.17) is 0 Å². The summed E-state index contributed by atoms with van der Waals surface area (Å²) in [5.74, 6) is 0.925. The molecule has 30 heavy (non-hydrogen) atoms. The van der Waals surface area contributed by atoms with E-state index in [9.17, 15) is 18.0 Å². The van der Waals surface area contributed by atoms with Crippen molar-refractivity contribution in [3.8, 4) is 0 Å². The highest BCUT2D eigenvalue weighted by Gasteiger charge is 2.51. The topological polar surface area (TPSA) is 57.8 Å². The molecule has 1 saturated carbocycles. The number of halogens is 3. The van der Waals surface area contributed by atoms with Crippen molar-refractivity contribution >= 4 is 11.6 Å². The molecule has 0 radical (unpaired) electrons. The van der Waals surface area contributed by atoms with Gasteiger partial charge in [0.05, 0.1) is 11.0 Å². The van der Waals surface area contributed by atoms with E-state index in [-0.39, 0.29) is 11.2 Å². The summed E-state index contributed by atoms with van der Waals surface area (Å²) in [6.07, 6.45) is -1.41. The van der Waals surface area contributed by atoms with Crippen LogP contribution >= 0.6 is 0 Å². The third-order valence-electron chi connectivity index (χ3n) is 6.69. The van der Waals surface area contributed by atoms with E-state index < -0.39 is 17.2 Å². The average molecular weight is 415 g/mol. The van der Waals surface area contributed by atoms with Gasteiger partial charge in [-0.25, -0.2) is 0 Å². The third kappa shape index (κ3) is 2.81. The van der Waals surface area contributed by atoms with Gasteiger partial charge in [0.1, 0.15) is 0 Å². The first-order chi connectivity index (χ1) is 14.0. The third-order valence-corrected chi connectivity index (χ3v) is 6.69. The lowest BCUT2D eigenvalue weighted by Gasteiger charge is -2.44. The van der Waals surface area contributed by atoms with Crippen LogP contribution in [0.5, 0.6) is 0 Å². The smallest absolute Gasteiger partial charge is 0.342 e. The molecule has 1 atom stereocenters. The highest BCUT2D eigenvalue weighted by molar-refractivity contribution is 6.03. The van der Waals surface area contributed by atoms with Crippen molar-refractivity contribution in [2.45, 2.75) is 64.0 Å². The number of ketones is 1. The minimum atomic E-state index is -4.45. The summed E-state index contributed by atoms with van der Waals surface area (Å²) in [4.78, 5) is 13.4. The van der Waals surface area contributed by atoms with Crippen molar-refractivity contribution in [3.05, 3.63) is 57.9 Å². The van der Waals surface area contributed by atoms with Crippen LogP contribution in [0.3, 0.4) is 0 Å². The largest absolute Gasteiger partial charge is 0.416 e. The molecule has 2 aliphatic carbocycles. The fourth-order valence-electron chi connectivity index (χ4n) is 5.19. The maximum Gasteiger partial charge on any atom is 0.416 e. The van der Waals surface area contributed by atoms with Gasteiger partial charge in [-0.1, -0.05) is 32.0 Å². The fourth-order valence-corrected chi connectivity index (χ4v) is 5.19. The van der Waals surface area contributed by atoms with Gasteiger partial charge in [0.2, 0.25) is 0 Å². The lowest BCUT2D eigenvalue weighted by atomic mass is 9.61. The molecule has 1 aromatic carbocycles. The van der Waals surface area contributed by atoms with E-state index in [1.165, 1.54) is 12.1 Å². The van der Waals surface area contributed by atoms with Gasteiger partial charge in [0.15, 0.2) is 11.6 Å². The fraction of sp³-hybridized carbons (Fsp3) is 0.478. The molecule has 0 spiro atoms. The first kappa shape index (κ1) is 19.4. The maximum atomic E-state index is 13.5. The van der Waals surface area contributed by atoms with E-state index in [0.717, 1.165) is 35.9 Å². The van der Waals surface area contributed by atoms with E-state index in [2.05, 4.69) is 15.5 Å². The molecule has 1 aliphatic heterocycles. The molecule has 4 nitrogen and oxygen atoms in total. The SMILES string of the molecule is CC1(C)CC(=O)C2=C(C1)Nc1n[nH]c(C3CC3)c1[C@@]2(C)c1cccc(C(F)(F)F)c1. The van der Waals surface area contributed by atoms with Crippen LogP contribution in [-0.2, 0) is 16.4 Å². The Morgan fingerprint density at radius 2 is 1.87 bits per heavy atom. The Hall–Kier alpha value is -2.57. The first-order valence-electron chi connectivity index (χ1n) is 10.3. The summed E-state index contributed by atoms with van der Waals surface area (Å²) in [5, 5.41) is 10.9. The van der Waals surface area contributed by atoms with Crippen molar-refractivity contribution in [1.29, 1.82) is 0 Å². The van der Waals surface area contributed by atoms with Crippen LogP contribution in [-0.4, -0.2) is 16.0 Å². The first-order valence-corrected chi connectivity index (χ1v) is 10.3. The zero-order chi connectivity index (χ0) is 21.5. The second-order valence-electron chi connectivity index (χ2n) is 9.76. The molecule has 0 unspecified atom stereocenters. The Morgan fingerprint density at radius 3 is 2.53 bits per heavy atom. The number of allylic oxidation sites excluding steroid dienone is 2. The molecular weight excluding hydrogens is 391 g/mol. The Kier molecular flexibility index (Phi) is 3.87. The average Bonchev–Trinajstić information content (AvgIpc) is 3.39. The summed E-state index contributed by atoms with van der Waals surface area (Å²) < 4.78 is 40.5. The lowest BCUT2D eigenvalue weighted by Crippen LogP contribution is -2.42. The minimum Gasteiger partial charge on any atom is -0.342 e. The van der Waals surface area contributed by atoms with Crippen molar-refractivity contribution in [1.82, 2.24) is 10.2 Å². The van der Waals surface area contributed by atoms with Gasteiger partial charge >= 0.3 is 6.18 Å². The Labute approximate surface area is 172 Å². The van der Waals surface area contributed by atoms with Crippen molar-refractivity contribution in [3.63, 3.8) is 0 Å². The van der Waals surface area contributed by atoms with Crippen molar-refractivity contribution < 1.29 is 18.0 Å². The normalized spacial score (nSPS) is 25.6. The molecule has 158 valence electrons. The molecule has 7 heteroatoms. The predicted octanol–water partition coefficient (Wildman–Crippen LogP) is 5.68. The molecule has 2 N–H and O–H groups in total. The number of aromatic amines is 1. The van der Waals surface area contributed by atoms with Crippen LogP contribution < -0.4 is 5.32 Å². The van der Waals surface area contributed by atoms with E-state index in [1.807, 2.05) is 20.8 Å². The highest BCUT2D eigenvalue weighted by Crippen LogP contribution is 2.56. The standard InChI is InChI=1S/C23H24F3N3O/c1-21(2)10-15-17(16(30)11-21)22(3,13-5-4-6-14(9-13)23(24,25)26)18-19(12-7-8-12)28-29-20(18)27-15/h4-6,9,12H,7-8,10-11H2,1-3H3,(H2,27,28,29)/t22-/m0/s1. The lowest BCUT2D eigenvalue weighted by molar-refractivity contribution is -0.137. The van der Waals surface area contributed by atoms with Crippen LogP contribution in [0, 0.1) is 5.41 Å². The summed E-state index contributed by atoms with van der Waals surface area (Å²) >= 11 is 0. The predicted molar refractivity (Wildman–Crippen MR) is 107 cm³/mol. The number of aromatic nitrogens is 2. The summed E-state index contributed by atoms with van der Waals surface area (Å²) in [6.45, 7) is 5.95. The van der Waals surface area contributed by atoms with Crippen LogP contribution in [0.4, 0.5) is 19.0 Å². The number of Topliss-reactive ketones (excluding diaryl/α,β-unsaturated/α-hetero) is 1. The number of carbonyl (C=O) groups excluding carboxylic acids is 1. The summed E-state index contributed by atoms with van der Waals surface area (Å²) in [6, 6.07) is 5.40. The summed E-state index contributed by atoms with van der Waals surface area (Å²) in [5.41, 5.74) is 1.67. The van der Waals surface area contributed by atoms with E-state index in [0.29, 0.717) is 35.7 Å². The monoisotopic (exact) mass is 415 g/mol. The molecule has 0 bridgehead atoms. The van der Waals surface area contributed by atoms with Gasteiger partial charge in [-0.05, 0) is 43.2 Å². The number of fused-ring (bicyclic) bond motifs is 1. The number of anilines is 1. The molecule has 2 heterocycles. The molecule has 1 aromatic heterocycles. The van der Waals surface area contributed by atoms with Crippen molar-refractivity contribution in [2.24, 2.45) is 5.41 Å². The number of carbonyl (C=O) groups is 1. The quantitative estimate of drug-likeness (QED) is 0.663. The van der Waals surface area contributed by atoms with Crippen LogP contribution in [0.15, 0.2) is 35.5 Å². The zero-order valence-electron chi connectivity index (χ0n) is 17.2. The molecule has 0 saturated heterocycles. The number of alkyl halides is 3. The number of benzene rings is 1. The van der Waals surface area contributed by atoms with Crippen LogP contribution in [0.25, 0.3) is 0 Å². The molecule has 0 amide bonds. The molecule has 3 aliphatic rings. The van der Waals surface area contributed by atoms with Gasteiger partial charge in [-0.15, -0.1) is 0 Å². The molecule has 5 rings (SSSR count). The van der Waals surface area contributed by atoms with Crippen molar-refractivity contribution in [2.75, 3.05) is 5.32 Å². The number of H-pyrrole nitrogens is 1. The highest BCUT2D eigenvalue weighted by atomic mass is 19.4. The molecular formula is C23H24F3N3O. The second-order valence-corrected chi connectivity index (χ2v) is 9.76. The van der Waals surface area contributed by atoms with Gasteiger partial charge in [0.25, 0.3) is 0 Å². The number of nitrogens with one attached hydrogen (secondary N) is 2. The van der Waals surface area contributed by atoms with Gasteiger partial charge in [-0.3, -0.25) is 9.89 Å². The summed E-state index contributed by atoms with van der Waals surface area (Å²) in [7, 11) is 0. The molecule has 2 aromatic rings. The van der Waals surface area contributed by atoms with Crippen LogP contribution in [0.2, 0.25) is 0 Å².